The Labute approximate surface area is 222 Å². The third kappa shape index (κ3) is 2.63. The lowest BCUT2D eigenvalue weighted by atomic mass is 9.37. The van der Waals surface area contributed by atoms with Crippen LogP contribution in [0.3, 0.4) is 0 Å². The predicted molar refractivity (Wildman–Crippen MR) is 140 cm³/mol. The van der Waals surface area contributed by atoms with Crippen LogP contribution in [0.25, 0.3) is 0 Å². The molecule has 2 aromatic carbocycles. The van der Waals surface area contributed by atoms with Gasteiger partial charge in [-0.25, -0.2) is 0 Å². The Morgan fingerprint density at radius 3 is 2.71 bits per heavy atom. The number of amides is 1. The smallest absolute Gasteiger partial charge is 0.252 e. The second-order valence-electron chi connectivity index (χ2n) is 12.9. The zero-order chi connectivity index (χ0) is 26.1. The summed E-state index contributed by atoms with van der Waals surface area (Å²) in [5, 5.41) is 38.0. The first kappa shape index (κ1) is 23.1. The fourth-order valence-electron chi connectivity index (χ4n) is 9.22. The number of rotatable bonds is 5. The molecule has 0 radical (unpaired) electrons. The van der Waals surface area contributed by atoms with E-state index in [9.17, 15) is 20.2 Å². The molecule has 198 valence electrons. The van der Waals surface area contributed by atoms with E-state index in [0.29, 0.717) is 62.6 Å². The van der Waals surface area contributed by atoms with E-state index >= 15 is 0 Å². The largest absolute Gasteiger partial charge is 0.633 e. The number of fused-ring (bicyclic) bond motifs is 1. The van der Waals surface area contributed by atoms with Gasteiger partial charge >= 0.3 is 0 Å². The predicted octanol–water partition coefficient (Wildman–Crippen LogP) is 3.55. The Balaban J connectivity index is 1.30. The van der Waals surface area contributed by atoms with Gasteiger partial charge in [0.05, 0.1) is 23.9 Å². The van der Waals surface area contributed by atoms with E-state index in [1.54, 1.807) is 18.0 Å². The summed E-state index contributed by atoms with van der Waals surface area (Å²) in [5.74, 6) is 0.786. The van der Waals surface area contributed by atoms with Gasteiger partial charge in [-0.1, -0.05) is 42.5 Å². The summed E-state index contributed by atoms with van der Waals surface area (Å²) in [6, 6.07) is 13.2. The second-order valence-corrected chi connectivity index (χ2v) is 12.9. The molecule has 7 heteroatoms. The Morgan fingerprint density at radius 1 is 1.16 bits per heavy atom. The molecule has 7 aliphatic rings. The summed E-state index contributed by atoms with van der Waals surface area (Å²) < 4.78 is 6.33. The molecule has 2 aromatic rings. The van der Waals surface area contributed by atoms with E-state index in [4.69, 9.17) is 4.74 Å². The van der Waals surface area contributed by atoms with Crippen molar-refractivity contribution in [3.8, 4) is 11.5 Å². The van der Waals surface area contributed by atoms with Crippen LogP contribution in [-0.2, 0) is 23.2 Å². The number of piperidine rings is 1. The first-order chi connectivity index (χ1) is 18.2. The van der Waals surface area contributed by atoms with E-state index in [1.165, 1.54) is 0 Å². The van der Waals surface area contributed by atoms with Crippen molar-refractivity contribution in [1.82, 2.24) is 4.90 Å². The fourth-order valence-corrected chi connectivity index (χ4v) is 9.22. The van der Waals surface area contributed by atoms with Crippen molar-refractivity contribution in [2.45, 2.75) is 68.2 Å². The van der Waals surface area contributed by atoms with E-state index in [1.807, 2.05) is 42.5 Å². The summed E-state index contributed by atoms with van der Waals surface area (Å²) in [5.41, 5.74) is 0.730. The first-order valence-corrected chi connectivity index (χ1v) is 14.1. The first-order valence-electron chi connectivity index (χ1n) is 14.1. The lowest BCUT2D eigenvalue weighted by molar-refractivity contribution is -0.923. The molecule has 1 amide bonds. The quantitative estimate of drug-likeness (QED) is 0.470. The number of likely N-dealkylation sites (N-methyl/N-ethyl adjacent to an activating group) is 1. The monoisotopic (exact) mass is 514 g/mol. The van der Waals surface area contributed by atoms with Crippen LogP contribution in [0.5, 0.6) is 11.5 Å². The lowest BCUT2D eigenvalue weighted by Gasteiger charge is -2.72. The third-order valence-electron chi connectivity index (χ3n) is 11.0. The van der Waals surface area contributed by atoms with Gasteiger partial charge in [-0.2, -0.15) is 0 Å². The van der Waals surface area contributed by atoms with Gasteiger partial charge in [-0.3, -0.25) is 4.79 Å². The number of carbonyl (C=O) groups is 1. The summed E-state index contributed by atoms with van der Waals surface area (Å²) in [4.78, 5) is 15.7. The summed E-state index contributed by atoms with van der Waals surface area (Å²) in [6.45, 7) is 1.54. The van der Waals surface area contributed by atoms with E-state index in [0.717, 1.165) is 29.5 Å². The Morgan fingerprint density at radius 2 is 1.95 bits per heavy atom. The summed E-state index contributed by atoms with van der Waals surface area (Å²) in [6.07, 6.45) is 5.80. The van der Waals surface area contributed by atoms with Crippen molar-refractivity contribution >= 4 is 5.91 Å². The lowest BCUT2D eigenvalue weighted by Crippen LogP contribution is -2.81. The summed E-state index contributed by atoms with van der Waals surface area (Å²) >= 11 is 0. The molecule has 2 heterocycles. The maximum absolute atomic E-state index is 14.7. The zero-order valence-electron chi connectivity index (χ0n) is 21.7. The summed E-state index contributed by atoms with van der Waals surface area (Å²) in [7, 11) is 1.77. The minimum Gasteiger partial charge on any atom is -0.633 e. The van der Waals surface area contributed by atoms with E-state index in [2.05, 4.69) is 0 Å². The molecule has 4 bridgehead atoms. The number of likely N-dealkylation sites (tertiary alicyclic amines) is 1. The minimum absolute atomic E-state index is 0.0737. The van der Waals surface area contributed by atoms with Gasteiger partial charge in [0.2, 0.25) is 0 Å². The molecule has 3 fully saturated rings. The molecule has 2 N–H and O–H groups in total. The molecular formula is C31H34N2O5. The highest BCUT2D eigenvalue weighted by molar-refractivity contribution is 5.97. The number of benzene rings is 2. The molecular weight excluding hydrogens is 480 g/mol. The van der Waals surface area contributed by atoms with Gasteiger partial charge in [-0.15, -0.1) is 0 Å². The molecule has 1 saturated heterocycles. The number of aromatic hydroxyl groups is 1. The maximum atomic E-state index is 14.7. The Kier molecular flexibility index (Phi) is 4.37. The molecule has 0 aromatic heterocycles. The van der Waals surface area contributed by atoms with Crippen molar-refractivity contribution in [3.63, 3.8) is 0 Å². The average Bonchev–Trinajstić information content (AvgIpc) is 3.63. The van der Waals surface area contributed by atoms with Crippen LogP contribution < -0.4 is 4.74 Å². The Hall–Kier alpha value is -2.87. The number of ether oxygens (including phenoxy) is 1. The van der Waals surface area contributed by atoms with E-state index < -0.39 is 22.5 Å². The van der Waals surface area contributed by atoms with Gasteiger partial charge in [0, 0.05) is 43.5 Å². The molecule has 6 atom stereocenters. The normalized spacial score (nSPS) is 39.3. The van der Waals surface area contributed by atoms with Crippen molar-refractivity contribution < 1.29 is 24.4 Å². The van der Waals surface area contributed by atoms with Crippen LogP contribution in [0.4, 0.5) is 0 Å². The second kappa shape index (κ2) is 7.20. The van der Waals surface area contributed by atoms with Crippen molar-refractivity contribution in [3.05, 3.63) is 76.0 Å². The highest BCUT2D eigenvalue weighted by atomic mass is 16.6. The standard InChI is InChI=1S/C31H34N2O5/c1-32(17-19-5-3-2-4-6-19)27(35)22-16-29-11-12-31(22,36)28-30(29)13-14-33(37,18-20-7-8-20)24(29)15-21-9-10-23(34)26(38-28)25(21)30/h2-6,9-10,16,20,24,28,34,36H,7-8,11-15,17-18H2,1H3/t24-,28+,29+,30-,31+,33?/m0/s1. The van der Waals surface area contributed by atoms with Gasteiger partial charge in [0.15, 0.2) is 11.5 Å². The van der Waals surface area contributed by atoms with Crippen LogP contribution in [0.2, 0.25) is 0 Å². The number of phenolic OH excluding ortho intramolecular Hbond substituents is 1. The number of quaternary nitrogens is 1. The number of hydrogen-bond acceptors (Lipinski definition) is 5. The van der Waals surface area contributed by atoms with Crippen molar-refractivity contribution in [1.29, 1.82) is 0 Å². The maximum Gasteiger partial charge on any atom is 0.252 e. The number of phenols is 1. The van der Waals surface area contributed by atoms with E-state index in [-0.39, 0.29) is 22.3 Å². The average molecular weight is 515 g/mol. The molecule has 7 nitrogen and oxygen atoms in total. The zero-order valence-corrected chi connectivity index (χ0v) is 21.7. The Bertz CT molecular complexity index is 1400. The van der Waals surface area contributed by atoms with Crippen LogP contribution in [0.15, 0.2) is 54.1 Å². The van der Waals surface area contributed by atoms with Crippen LogP contribution in [-0.4, -0.2) is 63.6 Å². The highest BCUT2D eigenvalue weighted by Crippen LogP contribution is 2.75. The third-order valence-corrected chi connectivity index (χ3v) is 11.0. The minimum atomic E-state index is -1.49. The van der Waals surface area contributed by atoms with Gasteiger partial charge in [-0.05, 0) is 42.9 Å². The molecule has 2 spiro atoms. The van der Waals surface area contributed by atoms with Crippen LogP contribution >= 0.6 is 0 Å². The van der Waals surface area contributed by atoms with Gasteiger partial charge < -0.3 is 29.7 Å². The molecule has 2 aliphatic heterocycles. The molecule has 5 aliphatic carbocycles. The molecule has 2 saturated carbocycles. The number of hydrogen-bond donors (Lipinski definition) is 2. The SMILES string of the molecule is CN(Cc1ccccc1)C(=O)C1=C[C@@]23CC[C@]1(O)[C@@H]1Oc4c(O)ccc5c4[C@@]12CC[N+]([O-])(CC1CC1)[C@H]3C5. The fraction of sp³-hybridized carbons (Fsp3) is 0.516. The van der Waals surface area contributed by atoms with Gasteiger partial charge in [0.1, 0.15) is 17.7 Å². The van der Waals surface area contributed by atoms with Crippen molar-refractivity contribution in [2.24, 2.45) is 11.3 Å². The molecule has 38 heavy (non-hydrogen) atoms. The van der Waals surface area contributed by atoms with Crippen LogP contribution in [0, 0.1) is 16.5 Å². The number of carbonyl (C=O) groups excluding carboxylic acids is 1. The molecule has 9 rings (SSSR count). The van der Waals surface area contributed by atoms with Crippen molar-refractivity contribution in [2.75, 3.05) is 20.1 Å². The van der Waals surface area contributed by atoms with Gasteiger partial charge in [0.25, 0.3) is 5.91 Å². The topological polar surface area (TPSA) is 93.1 Å². The molecule has 1 unspecified atom stereocenters. The van der Waals surface area contributed by atoms with Crippen LogP contribution in [0.1, 0.15) is 48.8 Å². The number of aliphatic hydroxyl groups is 1. The number of nitrogens with zero attached hydrogens (tertiary/aromatic N) is 2. The number of hydroxylamine groups is 3. The highest BCUT2D eigenvalue weighted by Gasteiger charge is 2.81.